The van der Waals surface area contributed by atoms with Gasteiger partial charge in [-0.1, -0.05) is 42.5 Å². The van der Waals surface area contributed by atoms with Crippen LogP contribution >= 0.6 is 0 Å². The van der Waals surface area contributed by atoms with Gasteiger partial charge in [-0.15, -0.1) is 0 Å². The second-order valence-corrected chi connectivity index (χ2v) is 10.1. The molecule has 3 aromatic rings. The van der Waals surface area contributed by atoms with Crippen molar-refractivity contribution in [2.24, 2.45) is 0 Å². The highest BCUT2D eigenvalue weighted by atomic mass is 16.7. The molecule has 2 saturated heterocycles. The van der Waals surface area contributed by atoms with Crippen LogP contribution in [0, 0.1) is 0 Å². The molecule has 0 radical (unpaired) electrons. The Bertz CT molecular complexity index is 1310. The van der Waals surface area contributed by atoms with Crippen LogP contribution < -0.4 is 10.1 Å². The summed E-state index contributed by atoms with van der Waals surface area (Å²) in [6, 6.07) is 16.2. The van der Waals surface area contributed by atoms with Gasteiger partial charge in [-0.25, -0.2) is 4.98 Å². The Balaban J connectivity index is 1.14. The van der Waals surface area contributed by atoms with Crippen LogP contribution in [0.3, 0.4) is 0 Å². The molecule has 3 heterocycles. The third kappa shape index (κ3) is 6.69. The third-order valence-corrected chi connectivity index (χ3v) is 7.27. The first-order chi connectivity index (χ1) is 19.5. The second-order valence-electron chi connectivity index (χ2n) is 10.1. The Morgan fingerprint density at radius 1 is 1.10 bits per heavy atom. The van der Waals surface area contributed by atoms with E-state index in [1.807, 2.05) is 54.6 Å². The predicted molar refractivity (Wildman–Crippen MR) is 145 cm³/mol. The quantitative estimate of drug-likeness (QED) is 0.354. The van der Waals surface area contributed by atoms with Gasteiger partial charge in [0.1, 0.15) is 17.8 Å². The van der Waals surface area contributed by atoms with Gasteiger partial charge in [-0.3, -0.25) is 14.4 Å². The van der Waals surface area contributed by atoms with Gasteiger partial charge in [0.15, 0.2) is 5.82 Å². The summed E-state index contributed by atoms with van der Waals surface area (Å²) >= 11 is 0. The maximum atomic E-state index is 13.3. The fourth-order valence-electron chi connectivity index (χ4n) is 5.12. The summed E-state index contributed by atoms with van der Waals surface area (Å²) in [5.74, 6) is -0.0144. The molecule has 2 N–H and O–H groups in total. The standard InChI is InChI=1S/C30H34N4O6/c1-38-23-14-12-20(13-15-23)9-5-10-22-18-31-27(32-22)29(37)34-16-6-11-25(34)28(36)33-24-17-26(35)40-30(24)39-19-21-7-3-2-4-8-21/h2-4,7-8,12-15,18,24-25,30H,5-6,9-11,16-17,19H2,1H3,(H,31,32)(H,33,36)/t24?,25-,30?/m0/s1. The van der Waals surface area contributed by atoms with Crippen molar-refractivity contribution in [3.05, 3.63) is 83.4 Å². The molecule has 2 unspecified atom stereocenters. The van der Waals surface area contributed by atoms with Crippen molar-refractivity contribution < 1.29 is 28.6 Å². The zero-order valence-electron chi connectivity index (χ0n) is 22.5. The molecule has 5 rings (SSSR count). The van der Waals surface area contributed by atoms with E-state index in [1.54, 1.807) is 18.2 Å². The van der Waals surface area contributed by atoms with Crippen LogP contribution in [-0.2, 0) is 38.5 Å². The van der Waals surface area contributed by atoms with Crippen molar-refractivity contribution in [3.63, 3.8) is 0 Å². The number of likely N-dealkylation sites (tertiary alicyclic amines) is 1. The largest absolute Gasteiger partial charge is 0.497 e. The van der Waals surface area contributed by atoms with E-state index >= 15 is 0 Å². The van der Waals surface area contributed by atoms with Crippen molar-refractivity contribution in [1.29, 1.82) is 0 Å². The molecule has 0 bridgehead atoms. The van der Waals surface area contributed by atoms with Crippen molar-refractivity contribution in [1.82, 2.24) is 20.2 Å². The number of H-pyrrole nitrogens is 1. The Morgan fingerprint density at radius 3 is 2.67 bits per heavy atom. The molecular weight excluding hydrogens is 512 g/mol. The second kappa shape index (κ2) is 12.8. The highest BCUT2D eigenvalue weighted by molar-refractivity contribution is 5.95. The van der Waals surface area contributed by atoms with Crippen LogP contribution in [-0.4, -0.2) is 64.7 Å². The molecule has 3 atom stereocenters. The van der Waals surface area contributed by atoms with Crippen LogP contribution in [0.15, 0.2) is 60.8 Å². The van der Waals surface area contributed by atoms with Crippen LogP contribution in [0.4, 0.5) is 0 Å². The lowest BCUT2D eigenvalue weighted by Gasteiger charge is -2.26. The molecule has 0 spiro atoms. The van der Waals surface area contributed by atoms with Gasteiger partial charge in [0.25, 0.3) is 5.91 Å². The number of carbonyl (C=O) groups excluding carboxylic acids is 3. The van der Waals surface area contributed by atoms with Gasteiger partial charge in [0, 0.05) is 18.4 Å². The van der Waals surface area contributed by atoms with Gasteiger partial charge in [-0.2, -0.15) is 0 Å². The number of carbonyl (C=O) groups is 3. The smallest absolute Gasteiger partial charge is 0.310 e. The van der Waals surface area contributed by atoms with Crippen LogP contribution in [0.25, 0.3) is 0 Å². The van der Waals surface area contributed by atoms with Gasteiger partial charge in [0.05, 0.1) is 20.1 Å². The lowest BCUT2D eigenvalue weighted by Crippen LogP contribution is -2.51. The molecule has 40 heavy (non-hydrogen) atoms. The Labute approximate surface area is 233 Å². The summed E-state index contributed by atoms with van der Waals surface area (Å²) in [4.78, 5) is 47.5. The number of ether oxygens (including phenoxy) is 3. The predicted octanol–water partition coefficient (Wildman–Crippen LogP) is 3.17. The molecular formula is C30H34N4O6. The molecule has 2 aliphatic rings. The maximum Gasteiger partial charge on any atom is 0.310 e. The topological polar surface area (TPSA) is 123 Å². The molecule has 10 heteroatoms. The molecule has 210 valence electrons. The Hall–Kier alpha value is -4.18. The zero-order valence-corrected chi connectivity index (χ0v) is 22.5. The number of methoxy groups -OCH3 is 1. The van der Waals surface area contributed by atoms with Crippen molar-refractivity contribution in [2.45, 2.75) is 63.5 Å². The average molecular weight is 547 g/mol. The normalized spacial score (nSPS) is 20.4. The summed E-state index contributed by atoms with van der Waals surface area (Å²) in [6.45, 7) is 0.707. The molecule has 0 saturated carbocycles. The lowest BCUT2D eigenvalue weighted by atomic mass is 10.1. The first-order valence-corrected chi connectivity index (χ1v) is 13.6. The summed E-state index contributed by atoms with van der Waals surface area (Å²) in [5.41, 5.74) is 3.02. The minimum atomic E-state index is -0.882. The van der Waals surface area contributed by atoms with Crippen molar-refractivity contribution >= 4 is 17.8 Å². The van der Waals surface area contributed by atoms with E-state index in [-0.39, 0.29) is 30.7 Å². The van der Waals surface area contributed by atoms with E-state index in [2.05, 4.69) is 15.3 Å². The maximum absolute atomic E-state index is 13.3. The number of aryl methyl sites for hydroxylation is 2. The molecule has 2 amide bonds. The van der Waals surface area contributed by atoms with Crippen molar-refractivity contribution in [2.75, 3.05) is 13.7 Å². The number of hydrogen-bond donors (Lipinski definition) is 2. The van der Waals surface area contributed by atoms with E-state index in [0.29, 0.717) is 19.4 Å². The first kappa shape index (κ1) is 27.4. The summed E-state index contributed by atoms with van der Waals surface area (Å²) in [5, 5.41) is 2.89. The molecule has 2 aromatic carbocycles. The number of aromatic nitrogens is 2. The van der Waals surface area contributed by atoms with Crippen LogP contribution in [0.1, 0.15) is 53.1 Å². The lowest BCUT2D eigenvalue weighted by molar-refractivity contribution is -0.168. The highest BCUT2D eigenvalue weighted by Gasteiger charge is 2.41. The van der Waals surface area contributed by atoms with Gasteiger partial charge >= 0.3 is 5.97 Å². The number of aromatic amines is 1. The van der Waals surface area contributed by atoms with E-state index in [0.717, 1.165) is 36.3 Å². The zero-order chi connectivity index (χ0) is 27.9. The number of nitrogens with zero attached hydrogens (tertiary/aromatic N) is 2. The molecule has 10 nitrogen and oxygen atoms in total. The summed E-state index contributed by atoms with van der Waals surface area (Å²) in [7, 11) is 1.65. The Morgan fingerprint density at radius 2 is 1.90 bits per heavy atom. The fraction of sp³-hybridized carbons (Fsp3) is 0.400. The summed E-state index contributed by atoms with van der Waals surface area (Å²) in [6.07, 6.45) is 4.59. The van der Waals surface area contributed by atoms with Gasteiger partial charge < -0.3 is 29.4 Å². The number of amides is 2. The molecule has 2 fully saturated rings. The molecule has 0 aliphatic carbocycles. The first-order valence-electron chi connectivity index (χ1n) is 13.6. The summed E-state index contributed by atoms with van der Waals surface area (Å²) < 4.78 is 16.3. The number of rotatable bonds is 11. The van der Waals surface area contributed by atoms with Gasteiger partial charge in [-0.05, 0) is 55.4 Å². The number of esters is 1. The van der Waals surface area contributed by atoms with E-state index in [9.17, 15) is 14.4 Å². The number of imidazole rings is 1. The number of benzene rings is 2. The number of nitrogens with one attached hydrogen (secondary N) is 2. The Kier molecular flexibility index (Phi) is 8.75. The van der Waals surface area contributed by atoms with Gasteiger partial charge in [0.2, 0.25) is 12.2 Å². The average Bonchev–Trinajstić information content (AvgIpc) is 3.73. The van der Waals surface area contributed by atoms with E-state index in [4.69, 9.17) is 14.2 Å². The van der Waals surface area contributed by atoms with E-state index in [1.165, 1.54) is 5.56 Å². The molecule has 1 aromatic heterocycles. The number of hydrogen-bond acceptors (Lipinski definition) is 7. The van der Waals surface area contributed by atoms with Crippen molar-refractivity contribution in [3.8, 4) is 5.75 Å². The van der Waals surface area contributed by atoms with Crippen LogP contribution in [0.2, 0.25) is 0 Å². The minimum absolute atomic E-state index is 0.0178. The third-order valence-electron chi connectivity index (χ3n) is 7.27. The SMILES string of the molecule is COc1ccc(CCCc2cnc(C(=O)N3CCC[C@H]3C(=O)NC3CC(=O)OC3OCc3ccccc3)[nH]2)cc1. The fourth-order valence-corrected chi connectivity index (χ4v) is 5.12. The highest BCUT2D eigenvalue weighted by Crippen LogP contribution is 2.23. The molecule has 2 aliphatic heterocycles. The van der Waals surface area contributed by atoms with Crippen LogP contribution in [0.5, 0.6) is 5.75 Å². The minimum Gasteiger partial charge on any atom is -0.497 e. The number of cyclic esters (lactones) is 1. The van der Waals surface area contributed by atoms with E-state index < -0.39 is 24.3 Å². The monoisotopic (exact) mass is 546 g/mol.